The zero-order valence-electron chi connectivity index (χ0n) is 10.6. The number of rotatable bonds is 6. The van der Waals surface area contributed by atoms with E-state index in [2.05, 4.69) is 41.1 Å². The summed E-state index contributed by atoms with van der Waals surface area (Å²) in [7, 11) is 0. The molecule has 2 rings (SSSR count). The van der Waals surface area contributed by atoms with Crippen LogP contribution in [-0.4, -0.2) is 16.8 Å². The minimum absolute atomic E-state index is 0.879. The fourth-order valence-corrected chi connectivity index (χ4v) is 3.43. The molecule has 0 saturated heterocycles. The summed E-state index contributed by atoms with van der Waals surface area (Å²) in [6.07, 6.45) is 8.72. The van der Waals surface area contributed by atoms with Crippen molar-refractivity contribution in [2.24, 2.45) is 0 Å². The summed E-state index contributed by atoms with van der Waals surface area (Å²) < 4.78 is 0. The predicted octanol–water partition coefficient (Wildman–Crippen LogP) is 4.08. The van der Waals surface area contributed by atoms with E-state index < -0.39 is 0 Å². The Morgan fingerprint density at radius 1 is 1.41 bits per heavy atom. The number of thioether (sulfide) groups is 1. The van der Waals surface area contributed by atoms with Gasteiger partial charge in [0, 0.05) is 29.4 Å². The van der Waals surface area contributed by atoms with E-state index in [1.807, 2.05) is 6.20 Å². The zero-order valence-corrected chi connectivity index (χ0v) is 11.4. The second-order valence-corrected chi connectivity index (χ2v) is 5.97. The SMILES string of the molecule is CCCNc1ccnc(CSC2CCCC2)c1. The van der Waals surface area contributed by atoms with Gasteiger partial charge in [-0.3, -0.25) is 4.98 Å². The molecule has 17 heavy (non-hydrogen) atoms. The molecule has 1 saturated carbocycles. The molecule has 1 N–H and O–H groups in total. The highest BCUT2D eigenvalue weighted by atomic mass is 32.2. The first-order valence-corrected chi connectivity index (χ1v) is 7.74. The van der Waals surface area contributed by atoms with E-state index in [1.165, 1.54) is 37.1 Å². The van der Waals surface area contributed by atoms with E-state index in [4.69, 9.17) is 0 Å². The van der Waals surface area contributed by atoms with Crippen LogP contribution in [0.4, 0.5) is 5.69 Å². The summed E-state index contributed by atoms with van der Waals surface area (Å²) in [6, 6.07) is 4.25. The second-order valence-electron chi connectivity index (χ2n) is 4.68. The van der Waals surface area contributed by atoms with Gasteiger partial charge in [0.2, 0.25) is 0 Å². The number of nitrogens with one attached hydrogen (secondary N) is 1. The van der Waals surface area contributed by atoms with E-state index in [9.17, 15) is 0 Å². The van der Waals surface area contributed by atoms with Crippen molar-refractivity contribution < 1.29 is 0 Å². The van der Waals surface area contributed by atoms with Gasteiger partial charge < -0.3 is 5.32 Å². The minimum Gasteiger partial charge on any atom is -0.385 e. The third-order valence-corrected chi connectivity index (χ3v) is 4.57. The smallest absolute Gasteiger partial charge is 0.0523 e. The van der Waals surface area contributed by atoms with Gasteiger partial charge >= 0.3 is 0 Å². The van der Waals surface area contributed by atoms with Crippen LogP contribution in [-0.2, 0) is 5.75 Å². The Morgan fingerprint density at radius 3 is 3.00 bits per heavy atom. The molecule has 0 amide bonds. The summed E-state index contributed by atoms with van der Waals surface area (Å²) >= 11 is 2.08. The Labute approximate surface area is 109 Å². The monoisotopic (exact) mass is 250 g/mol. The van der Waals surface area contributed by atoms with Gasteiger partial charge in [0.1, 0.15) is 0 Å². The fourth-order valence-electron chi connectivity index (χ4n) is 2.19. The molecule has 1 heterocycles. The lowest BCUT2D eigenvalue weighted by molar-refractivity contribution is 0.886. The molecule has 0 aliphatic heterocycles. The quantitative estimate of drug-likeness (QED) is 0.823. The van der Waals surface area contributed by atoms with Crippen molar-refractivity contribution in [3.63, 3.8) is 0 Å². The van der Waals surface area contributed by atoms with Crippen molar-refractivity contribution in [2.75, 3.05) is 11.9 Å². The molecular weight excluding hydrogens is 228 g/mol. The Hall–Kier alpha value is -0.700. The molecule has 94 valence electrons. The lowest BCUT2D eigenvalue weighted by atomic mass is 10.3. The van der Waals surface area contributed by atoms with Crippen LogP contribution in [0.1, 0.15) is 44.7 Å². The van der Waals surface area contributed by atoms with Crippen molar-refractivity contribution in [3.8, 4) is 0 Å². The van der Waals surface area contributed by atoms with Crippen molar-refractivity contribution in [3.05, 3.63) is 24.0 Å². The van der Waals surface area contributed by atoms with Crippen molar-refractivity contribution in [1.29, 1.82) is 0 Å². The molecule has 1 aliphatic carbocycles. The van der Waals surface area contributed by atoms with Crippen molar-refractivity contribution in [2.45, 2.75) is 50.0 Å². The van der Waals surface area contributed by atoms with Crippen LogP contribution >= 0.6 is 11.8 Å². The van der Waals surface area contributed by atoms with Crippen LogP contribution in [0.3, 0.4) is 0 Å². The van der Waals surface area contributed by atoms with Gasteiger partial charge in [-0.25, -0.2) is 0 Å². The van der Waals surface area contributed by atoms with Gasteiger partial charge in [-0.2, -0.15) is 11.8 Å². The van der Waals surface area contributed by atoms with Crippen LogP contribution in [0.15, 0.2) is 18.3 Å². The summed E-state index contributed by atoms with van der Waals surface area (Å²) in [6.45, 7) is 3.23. The van der Waals surface area contributed by atoms with Crippen LogP contribution in [0.5, 0.6) is 0 Å². The Bertz CT molecular complexity index is 335. The number of anilines is 1. The Morgan fingerprint density at radius 2 is 2.24 bits per heavy atom. The van der Waals surface area contributed by atoms with E-state index in [1.54, 1.807) is 0 Å². The average Bonchev–Trinajstić information content (AvgIpc) is 2.87. The van der Waals surface area contributed by atoms with Crippen LogP contribution in [0, 0.1) is 0 Å². The van der Waals surface area contributed by atoms with Gasteiger partial charge in [0.15, 0.2) is 0 Å². The zero-order chi connectivity index (χ0) is 11.9. The van der Waals surface area contributed by atoms with E-state index >= 15 is 0 Å². The maximum Gasteiger partial charge on any atom is 0.0523 e. The van der Waals surface area contributed by atoms with Crippen LogP contribution < -0.4 is 5.32 Å². The van der Waals surface area contributed by atoms with Crippen LogP contribution in [0.25, 0.3) is 0 Å². The van der Waals surface area contributed by atoms with E-state index in [-0.39, 0.29) is 0 Å². The maximum atomic E-state index is 4.45. The van der Waals surface area contributed by atoms with Gasteiger partial charge in [-0.1, -0.05) is 19.8 Å². The molecule has 0 radical (unpaired) electrons. The largest absolute Gasteiger partial charge is 0.385 e. The molecule has 3 heteroatoms. The molecule has 0 aromatic carbocycles. The van der Waals surface area contributed by atoms with Gasteiger partial charge in [-0.05, 0) is 31.4 Å². The lowest BCUT2D eigenvalue weighted by Gasteiger charge is -2.09. The summed E-state index contributed by atoms with van der Waals surface area (Å²) in [5, 5.41) is 4.29. The Balaban J connectivity index is 1.82. The molecule has 0 bridgehead atoms. The molecule has 0 atom stereocenters. The van der Waals surface area contributed by atoms with E-state index in [0.29, 0.717) is 0 Å². The lowest BCUT2D eigenvalue weighted by Crippen LogP contribution is -2.01. The molecule has 0 spiro atoms. The first kappa shape index (κ1) is 12.7. The predicted molar refractivity (Wildman–Crippen MR) is 76.6 cm³/mol. The molecule has 1 aromatic heterocycles. The highest BCUT2D eigenvalue weighted by molar-refractivity contribution is 7.99. The Kier molecular flexibility index (Phi) is 5.17. The summed E-state index contributed by atoms with van der Waals surface area (Å²) in [5.41, 5.74) is 2.42. The highest BCUT2D eigenvalue weighted by Gasteiger charge is 2.15. The maximum absolute atomic E-state index is 4.45. The molecule has 0 unspecified atom stereocenters. The number of hydrogen-bond acceptors (Lipinski definition) is 3. The second kappa shape index (κ2) is 6.90. The van der Waals surface area contributed by atoms with Gasteiger partial charge in [-0.15, -0.1) is 0 Å². The minimum atomic E-state index is 0.879. The molecule has 1 aromatic rings. The molecule has 1 fully saturated rings. The highest BCUT2D eigenvalue weighted by Crippen LogP contribution is 2.31. The van der Waals surface area contributed by atoms with Gasteiger partial charge in [0.25, 0.3) is 0 Å². The average molecular weight is 250 g/mol. The van der Waals surface area contributed by atoms with E-state index in [0.717, 1.165) is 24.0 Å². The van der Waals surface area contributed by atoms with Crippen molar-refractivity contribution >= 4 is 17.4 Å². The first-order valence-electron chi connectivity index (χ1n) is 6.69. The topological polar surface area (TPSA) is 24.9 Å². The first-order chi connectivity index (χ1) is 8.38. The normalized spacial score (nSPS) is 16.3. The molecule has 2 nitrogen and oxygen atoms in total. The molecule has 1 aliphatic rings. The third kappa shape index (κ3) is 4.23. The summed E-state index contributed by atoms with van der Waals surface area (Å²) in [4.78, 5) is 4.45. The molecular formula is C14H22N2S. The summed E-state index contributed by atoms with van der Waals surface area (Å²) in [5.74, 6) is 1.06. The number of aromatic nitrogens is 1. The fraction of sp³-hybridized carbons (Fsp3) is 0.643. The number of nitrogens with zero attached hydrogens (tertiary/aromatic N) is 1. The number of pyridine rings is 1. The van der Waals surface area contributed by atoms with Gasteiger partial charge in [0.05, 0.1) is 5.69 Å². The standard InChI is InChI=1S/C14H22N2S/c1-2-8-15-12-7-9-16-13(10-12)11-17-14-5-3-4-6-14/h7,9-10,14H,2-6,8,11H2,1H3,(H,15,16). The number of hydrogen-bond donors (Lipinski definition) is 1. The third-order valence-electron chi connectivity index (χ3n) is 3.16. The van der Waals surface area contributed by atoms with Crippen molar-refractivity contribution in [1.82, 2.24) is 4.98 Å². The van der Waals surface area contributed by atoms with Crippen LogP contribution in [0.2, 0.25) is 0 Å².